The van der Waals surface area contributed by atoms with Crippen molar-refractivity contribution in [3.05, 3.63) is 163 Å². The Labute approximate surface area is 292 Å². The summed E-state index contributed by atoms with van der Waals surface area (Å²) in [4.78, 5) is 0.508. The Bertz CT molecular complexity index is 4000. The lowest BCUT2D eigenvalue weighted by atomic mass is 10.00. The molecule has 0 radical (unpaired) electrons. The zero-order valence-electron chi connectivity index (χ0n) is 48.9. The zero-order chi connectivity index (χ0) is 52.5. The highest BCUT2D eigenvalue weighted by Crippen LogP contribution is 2.46. The highest BCUT2D eigenvalue weighted by Gasteiger charge is 2.21. The lowest BCUT2D eigenvalue weighted by Gasteiger charge is -2.27. The van der Waals surface area contributed by atoms with Crippen LogP contribution in [0.15, 0.2) is 168 Å². The average Bonchev–Trinajstić information content (AvgIpc) is 3.73. The number of rotatable bonds is 4. The fourth-order valence-corrected chi connectivity index (χ4v) is 4.87. The summed E-state index contributed by atoms with van der Waals surface area (Å²) < 4.78 is 247. The fraction of sp³-hybridized carbons (Fsp3) is 0. The smallest absolute Gasteiger partial charge is 0.143 e. The molecular formula is C42H27NO. The van der Waals surface area contributed by atoms with E-state index in [1.165, 1.54) is 0 Å². The number of anilines is 3. The van der Waals surface area contributed by atoms with Crippen molar-refractivity contribution in [2.45, 2.75) is 0 Å². The van der Waals surface area contributed by atoms with E-state index >= 15 is 0 Å². The molecule has 0 aliphatic rings. The Hall–Kier alpha value is -5.86. The van der Waals surface area contributed by atoms with Gasteiger partial charge in [0.05, 0.1) is 53.8 Å². The minimum atomic E-state index is -1.22. The molecule has 1 aromatic heterocycles. The second-order valence-corrected chi connectivity index (χ2v) is 9.27. The van der Waals surface area contributed by atoms with E-state index in [2.05, 4.69) is 0 Å². The summed E-state index contributed by atoms with van der Waals surface area (Å²) in [6, 6.07) is -25.7. The van der Waals surface area contributed by atoms with Gasteiger partial charge in [0, 0.05) is 21.8 Å². The molecule has 0 bridgehead atoms. The third kappa shape index (κ3) is 3.89. The SMILES string of the molecule is [2H]c1c([2H])c(N(c2c([2H])c([2H])c([2H])c3c([2H])c([2H])c([2H])c([2H])c23)c2c([2H])c([2H])c([2H])c3oc4c5c([2H])c([2H])c([2H])c([2H])c5c([2H])c([2H])c4c23)c([2H])c([2H])c1-c1c([2H])c([2H])c2c([2H])c([2H])c([2H])c([2H])c2c1[2H]. The monoisotopic (exact) mass is 588 g/mol. The number of benzene rings is 8. The molecule has 9 rings (SSSR count). The van der Waals surface area contributed by atoms with Gasteiger partial charge in [0.1, 0.15) is 11.2 Å². The Morgan fingerprint density at radius 2 is 1.05 bits per heavy atom. The van der Waals surface area contributed by atoms with Crippen molar-refractivity contribution in [3.8, 4) is 11.1 Å². The van der Waals surface area contributed by atoms with Crippen molar-refractivity contribution in [3.63, 3.8) is 0 Å². The van der Waals surface area contributed by atoms with E-state index < -0.39 is 246 Å². The Kier molecular flexibility index (Phi) is 2.20. The van der Waals surface area contributed by atoms with Gasteiger partial charge in [-0.15, -0.1) is 0 Å². The van der Waals surface area contributed by atoms with Crippen LogP contribution in [0.25, 0.3) is 65.4 Å². The molecule has 0 spiro atoms. The van der Waals surface area contributed by atoms with E-state index in [0.29, 0.717) is 4.90 Å². The first-order valence-corrected chi connectivity index (χ1v) is 12.8. The van der Waals surface area contributed by atoms with Crippen molar-refractivity contribution in [1.82, 2.24) is 0 Å². The van der Waals surface area contributed by atoms with Gasteiger partial charge in [0.15, 0.2) is 0 Å². The van der Waals surface area contributed by atoms with Gasteiger partial charge < -0.3 is 9.32 Å². The molecule has 0 aliphatic carbocycles. The van der Waals surface area contributed by atoms with Crippen molar-refractivity contribution >= 4 is 71.3 Å². The minimum absolute atomic E-state index is 0.508. The van der Waals surface area contributed by atoms with Gasteiger partial charge in [-0.3, -0.25) is 0 Å². The summed E-state index contributed by atoms with van der Waals surface area (Å²) in [5.74, 6) is 0. The van der Waals surface area contributed by atoms with Crippen LogP contribution in [0.5, 0.6) is 0 Å². The number of hydrogen-bond acceptors (Lipinski definition) is 2. The number of nitrogens with zero attached hydrogens (tertiary/aromatic N) is 1. The summed E-state index contributed by atoms with van der Waals surface area (Å²) in [6.07, 6.45) is 0. The van der Waals surface area contributed by atoms with E-state index in [1.54, 1.807) is 0 Å². The predicted octanol–water partition coefficient (Wildman–Crippen LogP) is 12.2. The van der Waals surface area contributed by atoms with Crippen LogP contribution in [0.4, 0.5) is 17.1 Å². The summed E-state index contributed by atoms with van der Waals surface area (Å²) >= 11 is 0. The molecule has 0 unspecified atom stereocenters. The van der Waals surface area contributed by atoms with E-state index in [4.69, 9.17) is 31.8 Å². The fourth-order valence-electron chi connectivity index (χ4n) is 4.87. The van der Waals surface area contributed by atoms with Crippen LogP contribution in [0.3, 0.4) is 0 Å². The molecule has 0 amide bonds. The molecule has 2 heteroatoms. The molecule has 0 saturated carbocycles. The van der Waals surface area contributed by atoms with Gasteiger partial charge in [-0.1, -0.05) is 121 Å². The molecule has 44 heavy (non-hydrogen) atoms. The maximum absolute atomic E-state index is 9.64. The molecular weight excluding hydrogens is 534 g/mol. The third-order valence-corrected chi connectivity index (χ3v) is 6.80. The molecule has 0 saturated heterocycles. The lowest BCUT2D eigenvalue weighted by molar-refractivity contribution is 0.672. The van der Waals surface area contributed by atoms with Gasteiger partial charge in [-0.05, 0) is 75.0 Å². The molecule has 0 N–H and O–H groups in total. The number of fused-ring (bicyclic) bond motifs is 7. The van der Waals surface area contributed by atoms with Crippen molar-refractivity contribution in [1.29, 1.82) is 0 Å². The van der Waals surface area contributed by atoms with Crippen molar-refractivity contribution < 1.29 is 41.4 Å². The average molecular weight is 589 g/mol. The highest BCUT2D eigenvalue weighted by molar-refractivity contribution is 6.20. The first kappa shape index (κ1) is 9.83. The largest absolute Gasteiger partial charge is 0.455 e. The van der Waals surface area contributed by atoms with Gasteiger partial charge in [0.25, 0.3) is 0 Å². The highest BCUT2D eigenvalue weighted by atomic mass is 16.3. The second-order valence-electron chi connectivity index (χ2n) is 9.27. The predicted molar refractivity (Wildman–Crippen MR) is 186 cm³/mol. The Balaban J connectivity index is 1.57. The standard InChI is InChI=1S/C42H27NO/c1-2-12-32-27-33(20-19-28(32)9-1)29-21-24-34(25-22-29)43(38-16-7-13-30-10-3-5-14-35(30)38)39-17-8-18-40-41(39)37-26-23-31-11-4-6-15-36(31)42(37)44-40/h1-27H/i1D,2D,3D,4D,5D,6D,7D,8D,9D,10D,11D,12D,13D,14D,15D,16D,17D,18D,19D,20D,21D,22D,23D,24D,25D,26D,27D. The lowest BCUT2D eigenvalue weighted by Crippen LogP contribution is -2.10. The van der Waals surface area contributed by atoms with Crippen LogP contribution in [-0.2, 0) is 0 Å². The van der Waals surface area contributed by atoms with Crippen LogP contribution in [0, 0.1) is 0 Å². The molecule has 2 nitrogen and oxygen atoms in total. The summed E-state index contributed by atoms with van der Waals surface area (Å²) in [5, 5.41) is -4.99. The van der Waals surface area contributed by atoms with Crippen LogP contribution < -0.4 is 4.90 Å². The zero-order valence-corrected chi connectivity index (χ0v) is 21.9. The summed E-state index contributed by atoms with van der Waals surface area (Å²) in [5.41, 5.74) is -6.00. The molecule has 0 aliphatic heterocycles. The van der Waals surface area contributed by atoms with E-state index in [-0.39, 0.29) is 0 Å². The van der Waals surface area contributed by atoms with Gasteiger partial charge >= 0.3 is 0 Å². The van der Waals surface area contributed by atoms with Gasteiger partial charge in [-0.2, -0.15) is 0 Å². The van der Waals surface area contributed by atoms with Crippen LogP contribution >= 0.6 is 0 Å². The Morgan fingerprint density at radius 3 is 1.89 bits per heavy atom. The van der Waals surface area contributed by atoms with Crippen molar-refractivity contribution in [2.75, 3.05) is 4.90 Å². The van der Waals surface area contributed by atoms with E-state index in [1.807, 2.05) is 0 Å². The first-order chi connectivity index (χ1) is 33.1. The molecule has 1 heterocycles. The summed E-state index contributed by atoms with van der Waals surface area (Å²) in [7, 11) is 0. The molecule has 0 atom stereocenters. The van der Waals surface area contributed by atoms with E-state index in [0.717, 1.165) is 0 Å². The minimum Gasteiger partial charge on any atom is -0.455 e. The molecule has 206 valence electrons. The topological polar surface area (TPSA) is 16.4 Å². The van der Waals surface area contributed by atoms with Crippen LogP contribution in [-0.4, -0.2) is 0 Å². The molecule has 8 aromatic carbocycles. The summed E-state index contributed by atoms with van der Waals surface area (Å²) in [6.45, 7) is 0. The third-order valence-electron chi connectivity index (χ3n) is 6.80. The maximum atomic E-state index is 9.64. The van der Waals surface area contributed by atoms with Crippen LogP contribution in [0.2, 0.25) is 0 Å². The normalized spacial score (nSPS) is 20.2. The maximum Gasteiger partial charge on any atom is 0.143 e. The van der Waals surface area contributed by atoms with E-state index in [9.17, 15) is 9.60 Å². The number of furan rings is 1. The van der Waals surface area contributed by atoms with Crippen LogP contribution in [0.1, 0.15) is 37.0 Å². The Morgan fingerprint density at radius 1 is 0.432 bits per heavy atom. The molecule has 9 aromatic rings. The van der Waals surface area contributed by atoms with Crippen molar-refractivity contribution in [2.24, 2.45) is 0 Å². The molecule has 0 fully saturated rings. The number of hydrogen-bond donors (Lipinski definition) is 0. The first-order valence-electron chi connectivity index (χ1n) is 26.3. The quantitative estimate of drug-likeness (QED) is 0.203. The van der Waals surface area contributed by atoms with Gasteiger partial charge in [0.2, 0.25) is 0 Å². The second kappa shape index (κ2) is 9.86. The van der Waals surface area contributed by atoms with Gasteiger partial charge in [-0.25, -0.2) is 0 Å².